The second-order valence-electron chi connectivity index (χ2n) is 5.37. The van der Waals surface area contributed by atoms with Crippen molar-refractivity contribution in [1.82, 2.24) is 5.32 Å². The largest absolute Gasteiger partial charge is 0.314 e. The summed E-state index contributed by atoms with van der Waals surface area (Å²) >= 11 is 0. The number of benzene rings is 1. The third kappa shape index (κ3) is 2.15. The molecule has 1 N–H and O–H groups in total. The summed E-state index contributed by atoms with van der Waals surface area (Å²) in [4.78, 5) is 0. The van der Waals surface area contributed by atoms with Crippen LogP contribution in [0, 0.1) is 0 Å². The van der Waals surface area contributed by atoms with Crippen molar-refractivity contribution in [3.63, 3.8) is 0 Å². The Labute approximate surface area is 98.3 Å². The van der Waals surface area contributed by atoms with Gasteiger partial charge in [-0.2, -0.15) is 0 Å². The normalized spacial score (nSPS) is 25.6. The van der Waals surface area contributed by atoms with Crippen LogP contribution in [0.4, 0.5) is 0 Å². The van der Waals surface area contributed by atoms with Crippen molar-refractivity contribution in [3.05, 3.63) is 35.4 Å². The summed E-state index contributed by atoms with van der Waals surface area (Å²) in [5.74, 6) is 0.874. The van der Waals surface area contributed by atoms with E-state index in [-0.39, 0.29) is 0 Å². The fraction of sp³-hybridized carbons (Fsp3) is 0.600. The monoisotopic (exact) mass is 215 g/mol. The SMILES string of the molecule is c1cc(C2CCC2)ccc1CC1CCCN1. The van der Waals surface area contributed by atoms with Crippen LogP contribution in [0.15, 0.2) is 24.3 Å². The highest BCUT2D eigenvalue weighted by Crippen LogP contribution is 2.36. The van der Waals surface area contributed by atoms with Gasteiger partial charge in [0.1, 0.15) is 0 Å². The van der Waals surface area contributed by atoms with Crippen molar-refractivity contribution in [2.45, 2.75) is 50.5 Å². The van der Waals surface area contributed by atoms with E-state index in [9.17, 15) is 0 Å². The standard InChI is InChI=1S/C15H21N/c1-3-13(4-1)14-8-6-12(7-9-14)11-15-5-2-10-16-15/h6-9,13,15-16H,1-5,10-11H2. The summed E-state index contributed by atoms with van der Waals surface area (Å²) in [6.45, 7) is 1.21. The average molecular weight is 215 g/mol. The van der Waals surface area contributed by atoms with Crippen LogP contribution in [0.25, 0.3) is 0 Å². The fourth-order valence-corrected chi connectivity index (χ4v) is 2.88. The van der Waals surface area contributed by atoms with E-state index in [4.69, 9.17) is 0 Å². The second-order valence-corrected chi connectivity index (χ2v) is 5.37. The molecule has 1 aliphatic carbocycles. The minimum atomic E-state index is 0.731. The molecule has 1 aliphatic heterocycles. The van der Waals surface area contributed by atoms with Crippen molar-refractivity contribution >= 4 is 0 Å². The quantitative estimate of drug-likeness (QED) is 0.816. The minimum Gasteiger partial charge on any atom is -0.314 e. The van der Waals surface area contributed by atoms with E-state index in [0.29, 0.717) is 0 Å². The first kappa shape index (κ1) is 10.3. The van der Waals surface area contributed by atoms with Gasteiger partial charge < -0.3 is 5.32 Å². The Bertz CT molecular complexity index is 331. The van der Waals surface area contributed by atoms with Crippen molar-refractivity contribution in [3.8, 4) is 0 Å². The molecule has 16 heavy (non-hydrogen) atoms. The van der Waals surface area contributed by atoms with Gasteiger partial charge in [-0.3, -0.25) is 0 Å². The van der Waals surface area contributed by atoms with Crippen molar-refractivity contribution in [2.75, 3.05) is 6.54 Å². The van der Waals surface area contributed by atoms with E-state index < -0.39 is 0 Å². The van der Waals surface area contributed by atoms with Gasteiger partial charge in [-0.15, -0.1) is 0 Å². The maximum absolute atomic E-state index is 3.56. The Morgan fingerprint density at radius 1 is 1.00 bits per heavy atom. The highest BCUT2D eigenvalue weighted by molar-refractivity contribution is 5.27. The summed E-state index contributed by atoms with van der Waals surface area (Å²) in [6.07, 6.45) is 8.16. The topological polar surface area (TPSA) is 12.0 Å². The van der Waals surface area contributed by atoms with E-state index >= 15 is 0 Å². The van der Waals surface area contributed by atoms with E-state index in [2.05, 4.69) is 29.6 Å². The van der Waals surface area contributed by atoms with Crippen LogP contribution in [0.1, 0.15) is 49.1 Å². The molecule has 0 amide bonds. The molecule has 1 aromatic carbocycles. The molecule has 0 radical (unpaired) electrons. The smallest absolute Gasteiger partial charge is 0.0108 e. The Kier molecular flexibility index (Phi) is 2.96. The molecule has 3 rings (SSSR count). The van der Waals surface area contributed by atoms with Gasteiger partial charge in [0, 0.05) is 6.04 Å². The zero-order valence-corrected chi connectivity index (χ0v) is 9.91. The molecule has 2 aliphatic rings. The van der Waals surface area contributed by atoms with E-state index in [0.717, 1.165) is 12.0 Å². The third-order valence-corrected chi connectivity index (χ3v) is 4.20. The number of rotatable bonds is 3. The maximum Gasteiger partial charge on any atom is 0.0108 e. The highest BCUT2D eigenvalue weighted by Gasteiger charge is 2.19. The Morgan fingerprint density at radius 2 is 1.81 bits per heavy atom. The number of hydrogen-bond acceptors (Lipinski definition) is 1. The summed E-state index contributed by atoms with van der Waals surface area (Å²) in [5, 5.41) is 3.56. The van der Waals surface area contributed by atoms with Crippen LogP contribution < -0.4 is 5.32 Å². The van der Waals surface area contributed by atoms with Crippen molar-refractivity contribution < 1.29 is 0 Å². The molecule has 86 valence electrons. The summed E-state index contributed by atoms with van der Waals surface area (Å²) in [7, 11) is 0. The van der Waals surface area contributed by atoms with E-state index in [1.54, 1.807) is 5.56 Å². The highest BCUT2D eigenvalue weighted by atomic mass is 14.9. The van der Waals surface area contributed by atoms with Gasteiger partial charge in [0.2, 0.25) is 0 Å². The van der Waals surface area contributed by atoms with Gasteiger partial charge in [-0.05, 0) is 55.7 Å². The lowest BCUT2D eigenvalue weighted by molar-refractivity contribution is 0.419. The minimum absolute atomic E-state index is 0.731. The molecule has 1 aromatic rings. The lowest BCUT2D eigenvalue weighted by Crippen LogP contribution is -2.23. The van der Waals surface area contributed by atoms with Gasteiger partial charge in [0.15, 0.2) is 0 Å². The van der Waals surface area contributed by atoms with Crippen LogP contribution in [0.5, 0.6) is 0 Å². The number of hydrogen-bond donors (Lipinski definition) is 1. The molecule has 0 bridgehead atoms. The van der Waals surface area contributed by atoms with Crippen LogP contribution in [-0.4, -0.2) is 12.6 Å². The van der Waals surface area contributed by atoms with Gasteiger partial charge in [0.05, 0.1) is 0 Å². The summed E-state index contributed by atoms with van der Waals surface area (Å²) < 4.78 is 0. The van der Waals surface area contributed by atoms with Crippen molar-refractivity contribution in [1.29, 1.82) is 0 Å². The second kappa shape index (κ2) is 4.58. The van der Waals surface area contributed by atoms with Crippen LogP contribution in [-0.2, 0) is 6.42 Å². The zero-order chi connectivity index (χ0) is 10.8. The molecule has 1 heterocycles. The van der Waals surface area contributed by atoms with Crippen LogP contribution in [0.3, 0.4) is 0 Å². The molecule has 1 heteroatoms. The van der Waals surface area contributed by atoms with E-state index in [1.807, 2.05) is 0 Å². The average Bonchev–Trinajstić information content (AvgIpc) is 2.71. The lowest BCUT2D eigenvalue weighted by atomic mass is 9.80. The predicted molar refractivity (Wildman–Crippen MR) is 67.8 cm³/mol. The molecular formula is C15H21N. The van der Waals surface area contributed by atoms with Gasteiger partial charge in [0.25, 0.3) is 0 Å². The predicted octanol–water partition coefficient (Wildman–Crippen LogP) is 3.25. The Morgan fingerprint density at radius 3 is 2.38 bits per heavy atom. The van der Waals surface area contributed by atoms with Gasteiger partial charge in [-0.1, -0.05) is 30.7 Å². The Hall–Kier alpha value is -0.820. The molecule has 1 saturated carbocycles. The van der Waals surface area contributed by atoms with Crippen molar-refractivity contribution in [2.24, 2.45) is 0 Å². The fourth-order valence-electron chi connectivity index (χ4n) is 2.88. The molecular weight excluding hydrogens is 194 g/mol. The van der Waals surface area contributed by atoms with Gasteiger partial charge >= 0.3 is 0 Å². The Balaban J connectivity index is 1.62. The van der Waals surface area contributed by atoms with Crippen LogP contribution in [0.2, 0.25) is 0 Å². The first-order valence-electron chi connectivity index (χ1n) is 6.74. The molecule has 0 aromatic heterocycles. The molecule has 1 nitrogen and oxygen atoms in total. The maximum atomic E-state index is 3.56. The zero-order valence-electron chi connectivity index (χ0n) is 9.91. The molecule has 2 fully saturated rings. The van der Waals surface area contributed by atoms with Gasteiger partial charge in [-0.25, -0.2) is 0 Å². The lowest BCUT2D eigenvalue weighted by Gasteiger charge is -2.26. The van der Waals surface area contributed by atoms with Crippen LogP contribution >= 0.6 is 0 Å². The molecule has 1 saturated heterocycles. The first-order valence-corrected chi connectivity index (χ1v) is 6.74. The third-order valence-electron chi connectivity index (χ3n) is 4.20. The summed E-state index contributed by atoms with van der Waals surface area (Å²) in [6, 6.07) is 10.1. The molecule has 1 unspecified atom stereocenters. The van der Waals surface area contributed by atoms with E-state index in [1.165, 1.54) is 50.6 Å². The molecule has 0 spiro atoms. The first-order chi connectivity index (χ1) is 7.92. The summed E-state index contributed by atoms with van der Waals surface area (Å²) in [5.41, 5.74) is 3.07. The number of nitrogens with one attached hydrogen (secondary N) is 1. The molecule has 1 atom stereocenters.